The van der Waals surface area contributed by atoms with Gasteiger partial charge < -0.3 is 4.74 Å². The van der Waals surface area contributed by atoms with Gasteiger partial charge in [0.25, 0.3) is 0 Å². The SMILES string of the molecule is C=CC(OCC)C1(C(C)=O)CCCC1=O. The summed E-state index contributed by atoms with van der Waals surface area (Å²) in [7, 11) is 0. The molecule has 0 bridgehead atoms. The molecule has 1 saturated carbocycles. The summed E-state index contributed by atoms with van der Waals surface area (Å²) in [6, 6.07) is 0. The molecule has 0 aliphatic heterocycles. The van der Waals surface area contributed by atoms with Crippen molar-refractivity contribution >= 4 is 11.6 Å². The lowest BCUT2D eigenvalue weighted by Crippen LogP contribution is -2.45. The number of ether oxygens (including phenoxy) is 1. The quantitative estimate of drug-likeness (QED) is 0.514. The van der Waals surface area contributed by atoms with E-state index in [2.05, 4.69) is 6.58 Å². The summed E-state index contributed by atoms with van der Waals surface area (Å²) in [6.45, 7) is 7.46. The van der Waals surface area contributed by atoms with Gasteiger partial charge in [-0.3, -0.25) is 9.59 Å². The van der Waals surface area contributed by atoms with Gasteiger partial charge in [0, 0.05) is 13.0 Å². The van der Waals surface area contributed by atoms with Crippen LogP contribution in [0.2, 0.25) is 0 Å². The van der Waals surface area contributed by atoms with Gasteiger partial charge in [0.05, 0.1) is 6.10 Å². The van der Waals surface area contributed by atoms with Crippen molar-refractivity contribution in [3.05, 3.63) is 12.7 Å². The topological polar surface area (TPSA) is 43.4 Å². The number of carbonyl (C=O) groups excluding carboxylic acids is 2. The molecule has 15 heavy (non-hydrogen) atoms. The Morgan fingerprint density at radius 3 is 2.73 bits per heavy atom. The first kappa shape index (κ1) is 12.1. The van der Waals surface area contributed by atoms with Crippen LogP contribution in [0, 0.1) is 5.41 Å². The standard InChI is InChI=1S/C12H18O3/c1-4-11(15-5-2)12(9(3)13)8-6-7-10(12)14/h4,11H,1,5-8H2,2-3H3. The average Bonchev–Trinajstić information content (AvgIpc) is 2.57. The van der Waals surface area contributed by atoms with Crippen LogP contribution in [0.5, 0.6) is 0 Å². The van der Waals surface area contributed by atoms with E-state index in [1.165, 1.54) is 6.92 Å². The molecule has 1 aliphatic rings. The zero-order valence-electron chi connectivity index (χ0n) is 9.41. The molecule has 3 nitrogen and oxygen atoms in total. The van der Waals surface area contributed by atoms with Crippen LogP contribution < -0.4 is 0 Å². The van der Waals surface area contributed by atoms with E-state index in [0.717, 1.165) is 6.42 Å². The average molecular weight is 210 g/mol. The maximum absolute atomic E-state index is 11.9. The molecule has 2 unspecified atom stereocenters. The summed E-state index contributed by atoms with van der Waals surface area (Å²) in [6.07, 6.45) is 2.97. The summed E-state index contributed by atoms with van der Waals surface area (Å²) in [5.41, 5.74) is -0.947. The molecule has 1 aliphatic carbocycles. The van der Waals surface area contributed by atoms with E-state index in [1.54, 1.807) is 6.08 Å². The van der Waals surface area contributed by atoms with Crippen LogP contribution in [-0.2, 0) is 14.3 Å². The van der Waals surface area contributed by atoms with Gasteiger partial charge >= 0.3 is 0 Å². The molecule has 0 amide bonds. The first-order valence-electron chi connectivity index (χ1n) is 5.38. The van der Waals surface area contributed by atoms with Gasteiger partial charge in [-0.15, -0.1) is 6.58 Å². The van der Waals surface area contributed by atoms with E-state index in [0.29, 0.717) is 19.4 Å². The molecule has 0 N–H and O–H groups in total. The van der Waals surface area contributed by atoms with E-state index in [4.69, 9.17) is 4.74 Å². The van der Waals surface area contributed by atoms with Crippen molar-refractivity contribution in [3.63, 3.8) is 0 Å². The van der Waals surface area contributed by atoms with Crippen LogP contribution in [-0.4, -0.2) is 24.3 Å². The Kier molecular flexibility index (Phi) is 3.80. The van der Waals surface area contributed by atoms with E-state index in [9.17, 15) is 9.59 Å². The lowest BCUT2D eigenvalue weighted by molar-refractivity contribution is -0.145. The minimum absolute atomic E-state index is 0.00773. The highest BCUT2D eigenvalue weighted by Crippen LogP contribution is 2.40. The van der Waals surface area contributed by atoms with Crippen LogP contribution in [0.4, 0.5) is 0 Å². The van der Waals surface area contributed by atoms with Crippen molar-refractivity contribution in [1.29, 1.82) is 0 Å². The van der Waals surface area contributed by atoms with E-state index in [-0.39, 0.29) is 11.6 Å². The van der Waals surface area contributed by atoms with Gasteiger partial charge in [-0.2, -0.15) is 0 Å². The molecule has 3 heteroatoms. The molecule has 2 atom stereocenters. The molecule has 0 saturated heterocycles. The molecule has 0 aromatic carbocycles. The maximum Gasteiger partial charge on any atom is 0.149 e. The van der Waals surface area contributed by atoms with Gasteiger partial charge in [-0.25, -0.2) is 0 Å². The third-order valence-corrected chi connectivity index (χ3v) is 3.15. The van der Waals surface area contributed by atoms with Crippen LogP contribution in [0.25, 0.3) is 0 Å². The Morgan fingerprint density at radius 1 is 1.73 bits per heavy atom. The fourth-order valence-electron chi connectivity index (χ4n) is 2.35. The highest BCUT2D eigenvalue weighted by molar-refractivity contribution is 6.08. The molecule has 0 aromatic rings. The number of carbonyl (C=O) groups is 2. The first-order chi connectivity index (χ1) is 7.09. The van der Waals surface area contributed by atoms with Gasteiger partial charge in [0.2, 0.25) is 0 Å². The molecule has 0 aromatic heterocycles. The van der Waals surface area contributed by atoms with Gasteiger partial charge in [-0.1, -0.05) is 6.08 Å². The summed E-state index contributed by atoms with van der Waals surface area (Å²) in [5.74, 6) is -0.0864. The lowest BCUT2D eigenvalue weighted by atomic mass is 9.76. The predicted molar refractivity (Wildman–Crippen MR) is 57.6 cm³/mol. The van der Waals surface area contributed by atoms with E-state index < -0.39 is 11.5 Å². The number of hydrogen-bond acceptors (Lipinski definition) is 3. The number of ketones is 2. The highest BCUT2D eigenvalue weighted by Gasteiger charge is 2.51. The molecule has 0 spiro atoms. The second kappa shape index (κ2) is 4.71. The van der Waals surface area contributed by atoms with Crippen molar-refractivity contribution < 1.29 is 14.3 Å². The van der Waals surface area contributed by atoms with Gasteiger partial charge in [0.1, 0.15) is 17.0 Å². The van der Waals surface area contributed by atoms with E-state index in [1.807, 2.05) is 6.92 Å². The van der Waals surface area contributed by atoms with Crippen LogP contribution in [0.3, 0.4) is 0 Å². The maximum atomic E-state index is 11.9. The number of hydrogen-bond donors (Lipinski definition) is 0. The fourth-order valence-corrected chi connectivity index (χ4v) is 2.35. The third kappa shape index (κ3) is 1.88. The van der Waals surface area contributed by atoms with Crippen molar-refractivity contribution in [3.8, 4) is 0 Å². The minimum atomic E-state index is -0.947. The molecule has 1 fully saturated rings. The fraction of sp³-hybridized carbons (Fsp3) is 0.667. The summed E-state index contributed by atoms with van der Waals surface area (Å²) < 4.78 is 5.45. The van der Waals surface area contributed by atoms with Crippen molar-refractivity contribution in [2.45, 2.75) is 39.2 Å². The van der Waals surface area contributed by atoms with Gasteiger partial charge in [-0.05, 0) is 26.7 Å². The molecule has 1 rings (SSSR count). The monoisotopic (exact) mass is 210 g/mol. The molecule has 84 valence electrons. The number of rotatable bonds is 5. The first-order valence-corrected chi connectivity index (χ1v) is 5.38. The molecule has 0 radical (unpaired) electrons. The predicted octanol–water partition coefficient (Wildman–Crippen LogP) is 1.91. The second-order valence-electron chi connectivity index (χ2n) is 3.92. The van der Waals surface area contributed by atoms with Gasteiger partial charge in [0.15, 0.2) is 0 Å². The minimum Gasteiger partial charge on any atom is -0.373 e. The van der Waals surface area contributed by atoms with Crippen LogP contribution in [0.1, 0.15) is 33.1 Å². The zero-order chi connectivity index (χ0) is 11.5. The Balaban J connectivity index is 3.04. The van der Waals surface area contributed by atoms with Crippen LogP contribution >= 0.6 is 0 Å². The Hall–Kier alpha value is -0.960. The molecule has 0 heterocycles. The smallest absolute Gasteiger partial charge is 0.149 e. The summed E-state index contributed by atoms with van der Waals surface area (Å²) in [4.78, 5) is 23.6. The lowest BCUT2D eigenvalue weighted by Gasteiger charge is -2.31. The van der Waals surface area contributed by atoms with Crippen LogP contribution in [0.15, 0.2) is 12.7 Å². The van der Waals surface area contributed by atoms with Crippen molar-refractivity contribution in [2.75, 3.05) is 6.61 Å². The summed E-state index contributed by atoms with van der Waals surface area (Å²) in [5, 5.41) is 0. The Morgan fingerprint density at radius 2 is 2.40 bits per heavy atom. The Bertz CT molecular complexity index is 283. The summed E-state index contributed by atoms with van der Waals surface area (Å²) >= 11 is 0. The Labute approximate surface area is 90.5 Å². The highest BCUT2D eigenvalue weighted by atomic mass is 16.5. The molecular formula is C12H18O3. The number of Topliss-reactive ketones (excluding diaryl/α,β-unsaturated/α-hetero) is 2. The van der Waals surface area contributed by atoms with Crippen molar-refractivity contribution in [2.24, 2.45) is 5.41 Å². The largest absolute Gasteiger partial charge is 0.373 e. The molecular weight excluding hydrogens is 192 g/mol. The second-order valence-corrected chi connectivity index (χ2v) is 3.92. The normalized spacial score (nSPS) is 27.7. The zero-order valence-corrected chi connectivity index (χ0v) is 9.41. The van der Waals surface area contributed by atoms with Crippen molar-refractivity contribution in [1.82, 2.24) is 0 Å². The van der Waals surface area contributed by atoms with E-state index >= 15 is 0 Å². The third-order valence-electron chi connectivity index (χ3n) is 3.15.